The van der Waals surface area contributed by atoms with Crippen molar-refractivity contribution >= 4 is 28.6 Å². The summed E-state index contributed by atoms with van der Waals surface area (Å²) in [5.74, 6) is -1.32. The van der Waals surface area contributed by atoms with E-state index in [0.29, 0.717) is 0 Å². The van der Waals surface area contributed by atoms with Crippen LogP contribution in [-0.4, -0.2) is 16.1 Å². The van der Waals surface area contributed by atoms with Gasteiger partial charge in [0.2, 0.25) is 0 Å². The molecular formula is C8H6F2INO3. The highest BCUT2D eigenvalue weighted by atomic mass is 127. The van der Waals surface area contributed by atoms with Gasteiger partial charge in [-0.15, -0.1) is 0 Å². The zero-order valence-electron chi connectivity index (χ0n) is 7.26. The molecule has 1 aromatic rings. The van der Waals surface area contributed by atoms with Crippen LogP contribution in [0.2, 0.25) is 0 Å². The summed E-state index contributed by atoms with van der Waals surface area (Å²) in [5.41, 5.74) is -1.67. The van der Waals surface area contributed by atoms with Crippen molar-refractivity contribution in [1.29, 1.82) is 0 Å². The number of carbonyl (C=O) groups is 1. The Labute approximate surface area is 96.5 Å². The Morgan fingerprint density at radius 3 is 2.67 bits per heavy atom. The SMILES string of the molecule is O=C(O)Cc1c(C(F)F)[nH]cc(I)c1=O. The molecule has 0 amide bonds. The molecule has 0 atom stereocenters. The topological polar surface area (TPSA) is 70.2 Å². The molecule has 82 valence electrons. The first-order valence-electron chi connectivity index (χ1n) is 3.83. The molecule has 0 spiro atoms. The fourth-order valence-electron chi connectivity index (χ4n) is 1.08. The number of carboxylic acids is 1. The number of nitrogens with one attached hydrogen (secondary N) is 1. The summed E-state index contributed by atoms with van der Waals surface area (Å²) in [6.07, 6.45) is -2.45. The molecule has 15 heavy (non-hydrogen) atoms. The second kappa shape index (κ2) is 4.69. The molecular weight excluding hydrogens is 323 g/mol. The molecule has 0 aromatic carbocycles. The number of pyridine rings is 1. The molecule has 0 saturated carbocycles. The zero-order chi connectivity index (χ0) is 11.6. The van der Waals surface area contributed by atoms with E-state index in [1.54, 1.807) is 22.6 Å². The lowest BCUT2D eigenvalue weighted by Gasteiger charge is -2.06. The predicted octanol–water partition coefficient (Wildman–Crippen LogP) is 1.54. The Morgan fingerprint density at radius 2 is 2.20 bits per heavy atom. The quantitative estimate of drug-likeness (QED) is 0.827. The summed E-state index contributed by atoms with van der Waals surface area (Å²) in [6.45, 7) is 0. The largest absolute Gasteiger partial charge is 0.481 e. The molecule has 0 unspecified atom stereocenters. The summed E-state index contributed by atoms with van der Waals surface area (Å²) in [5, 5.41) is 8.49. The molecule has 1 aromatic heterocycles. The van der Waals surface area contributed by atoms with E-state index in [1.165, 1.54) is 0 Å². The minimum atomic E-state index is -2.89. The van der Waals surface area contributed by atoms with Crippen molar-refractivity contribution in [1.82, 2.24) is 4.98 Å². The van der Waals surface area contributed by atoms with Gasteiger partial charge in [0.05, 0.1) is 15.7 Å². The molecule has 7 heteroatoms. The molecule has 0 aliphatic rings. The summed E-state index contributed by atoms with van der Waals surface area (Å²) in [4.78, 5) is 24.0. The second-order valence-electron chi connectivity index (χ2n) is 2.73. The van der Waals surface area contributed by atoms with E-state index in [4.69, 9.17) is 5.11 Å². The van der Waals surface area contributed by atoms with Crippen LogP contribution in [0.4, 0.5) is 8.78 Å². The Balaban J connectivity index is 3.35. The zero-order valence-corrected chi connectivity index (χ0v) is 9.42. The summed E-state index contributed by atoms with van der Waals surface area (Å²) in [7, 11) is 0. The van der Waals surface area contributed by atoms with Crippen molar-refractivity contribution in [2.45, 2.75) is 12.8 Å². The van der Waals surface area contributed by atoms with Crippen LogP contribution in [0.1, 0.15) is 17.7 Å². The van der Waals surface area contributed by atoms with E-state index in [2.05, 4.69) is 4.98 Å². The van der Waals surface area contributed by atoms with Gasteiger partial charge in [0.1, 0.15) is 0 Å². The van der Waals surface area contributed by atoms with Gasteiger partial charge >= 0.3 is 5.97 Å². The maximum Gasteiger partial charge on any atom is 0.308 e. The Kier molecular flexibility index (Phi) is 3.77. The van der Waals surface area contributed by atoms with E-state index in [-0.39, 0.29) is 9.13 Å². The van der Waals surface area contributed by atoms with E-state index >= 15 is 0 Å². The summed E-state index contributed by atoms with van der Waals surface area (Å²) >= 11 is 1.66. The minimum Gasteiger partial charge on any atom is -0.481 e. The van der Waals surface area contributed by atoms with Gasteiger partial charge in [0.25, 0.3) is 6.43 Å². The molecule has 0 aliphatic carbocycles. The first-order chi connectivity index (χ1) is 6.93. The fourth-order valence-corrected chi connectivity index (χ4v) is 1.56. The van der Waals surface area contributed by atoms with E-state index in [0.717, 1.165) is 6.20 Å². The number of carboxylic acid groups (broad SMARTS) is 1. The van der Waals surface area contributed by atoms with Crippen LogP contribution in [0, 0.1) is 3.57 Å². The molecule has 0 saturated heterocycles. The van der Waals surface area contributed by atoms with E-state index in [9.17, 15) is 18.4 Å². The monoisotopic (exact) mass is 329 g/mol. The Hall–Kier alpha value is -0.990. The number of aromatic amines is 1. The van der Waals surface area contributed by atoms with Gasteiger partial charge in [-0.2, -0.15) is 0 Å². The van der Waals surface area contributed by atoms with Crippen LogP contribution in [-0.2, 0) is 11.2 Å². The fraction of sp³-hybridized carbons (Fsp3) is 0.250. The summed E-state index contributed by atoms with van der Waals surface area (Å²) < 4.78 is 25.0. The van der Waals surface area contributed by atoms with Crippen LogP contribution in [0.25, 0.3) is 0 Å². The van der Waals surface area contributed by atoms with E-state index < -0.39 is 29.9 Å². The van der Waals surface area contributed by atoms with Crippen LogP contribution in [0.5, 0.6) is 0 Å². The van der Waals surface area contributed by atoms with Crippen molar-refractivity contribution in [3.05, 3.63) is 31.2 Å². The third-order valence-electron chi connectivity index (χ3n) is 1.72. The molecule has 0 radical (unpaired) electrons. The number of hydrogen-bond acceptors (Lipinski definition) is 2. The van der Waals surface area contributed by atoms with Crippen LogP contribution >= 0.6 is 22.6 Å². The van der Waals surface area contributed by atoms with Crippen molar-refractivity contribution in [3.8, 4) is 0 Å². The normalized spacial score (nSPS) is 10.7. The van der Waals surface area contributed by atoms with Crippen molar-refractivity contribution < 1.29 is 18.7 Å². The second-order valence-corrected chi connectivity index (χ2v) is 3.89. The molecule has 1 rings (SSSR count). The van der Waals surface area contributed by atoms with Crippen molar-refractivity contribution in [2.24, 2.45) is 0 Å². The first kappa shape index (κ1) is 12.1. The Bertz CT molecular complexity index is 444. The molecule has 0 aliphatic heterocycles. The van der Waals surface area contributed by atoms with Gasteiger partial charge in [0, 0.05) is 11.8 Å². The Morgan fingerprint density at radius 1 is 1.60 bits per heavy atom. The molecule has 2 N–H and O–H groups in total. The van der Waals surface area contributed by atoms with Gasteiger partial charge in [-0.3, -0.25) is 9.59 Å². The van der Waals surface area contributed by atoms with Crippen LogP contribution < -0.4 is 5.43 Å². The highest BCUT2D eigenvalue weighted by Gasteiger charge is 2.19. The third kappa shape index (κ3) is 2.74. The van der Waals surface area contributed by atoms with E-state index in [1.807, 2.05) is 0 Å². The standard InChI is InChI=1S/C8H6F2INO3/c9-8(10)6-3(1-5(13)14)7(15)4(11)2-12-6/h2,8H,1H2,(H,12,15)(H,13,14). The number of aromatic nitrogens is 1. The van der Waals surface area contributed by atoms with Gasteiger partial charge in [-0.25, -0.2) is 8.78 Å². The lowest BCUT2D eigenvalue weighted by molar-refractivity contribution is -0.136. The van der Waals surface area contributed by atoms with Gasteiger partial charge < -0.3 is 10.1 Å². The highest BCUT2D eigenvalue weighted by molar-refractivity contribution is 14.1. The number of H-pyrrole nitrogens is 1. The highest BCUT2D eigenvalue weighted by Crippen LogP contribution is 2.19. The molecule has 0 bridgehead atoms. The number of halogens is 3. The lowest BCUT2D eigenvalue weighted by atomic mass is 10.1. The molecule has 0 fully saturated rings. The third-order valence-corrected chi connectivity index (χ3v) is 2.52. The van der Waals surface area contributed by atoms with Crippen molar-refractivity contribution in [2.75, 3.05) is 0 Å². The van der Waals surface area contributed by atoms with Gasteiger partial charge in [-0.1, -0.05) is 0 Å². The lowest BCUT2D eigenvalue weighted by Crippen LogP contribution is -2.20. The van der Waals surface area contributed by atoms with Gasteiger partial charge in [0.15, 0.2) is 5.43 Å². The number of hydrogen-bond donors (Lipinski definition) is 2. The molecule has 4 nitrogen and oxygen atoms in total. The van der Waals surface area contributed by atoms with Crippen LogP contribution in [0.15, 0.2) is 11.0 Å². The number of aliphatic carboxylic acids is 1. The van der Waals surface area contributed by atoms with Gasteiger partial charge in [-0.05, 0) is 22.6 Å². The average Bonchev–Trinajstić information content (AvgIpc) is 2.12. The summed E-state index contributed by atoms with van der Waals surface area (Å²) in [6, 6.07) is 0. The molecule has 1 heterocycles. The maximum atomic E-state index is 12.4. The number of rotatable bonds is 3. The average molecular weight is 329 g/mol. The minimum absolute atomic E-state index is 0.188. The van der Waals surface area contributed by atoms with Crippen molar-refractivity contribution in [3.63, 3.8) is 0 Å². The first-order valence-corrected chi connectivity index (χ1v) is 4.91. The van der Waals surface area contributed by atoms with Crippen LogP contribution in [0.3, 0.4) is 0 Å². The smallest absolute Gasteiger partial charge is 0.308 e. The maximum absolute atomic E-state index is 12.4. The predicted molar refractivity (Wildman–Crippen MR) is 56.1 cm³/mol. The number of alkyl halides is 2.